The molecule has 0 bridgehead atoms. The molecule has 0 aliphatic carbocycles. The van der Waals surface area contributed by atoms with Crippen LogP contribution >= 0.6 is 12.2 Å². The predicted octanol–water partition coefficient (Wildman–Crippen LogP) is 6.65. The zero-order valence-corrected chi connectivity index (χ0v) is 13.5. The second-order valence-electron chi connectivity index (χ2n) is 5.46. The van der Waals surface area contributed by atoms with E-state index in [9.17, 15) is 13.2 Å². The van der Waals surface area contributed by atoms with E-state index in [2.05, 4.69) is 22.4 Å². The molecule has 0 aliphatic heterocycles. The molecule has 5 heteroatoms. The zero-order valence-electron chi connectivity index (χ0n) is 12.7. The summed E-state index contributed by atoms with van der Waals surface area (Å²) in [5.41, 5.74) is 2.09. The lowest BCUT2D eigenvalue weighted by Gasteiger charge is -2.05. The number of benzene rings is 1. The van der Waals surface area contributed by atoms with E-state index in [1.807, 2.05) is 24.3 Å². The van der Waals surface area contributed by atoms with Crippen LogP contribution in [0.15, 0.2) is 29.3 Å². The molecule has 0 radical (unpaired) electrons. The normalized spacial score (nSPS) is 11.2. The molecule has 1 aromatic carbocycles. The Balaban J connectivity index is 2.00. The third-order valence-electron chi connectivity index (χ3n) is 3.54. The van der Waals surface area contributed by atoms with Gasteiger partial charge in [-0.2, -0.15) is 18.2 Å². The first-order chi connectivity index (χ1) is 10.5. The number of nitrogens with zero attached hydrogens (tertiary/aromatic N) is 1. The Hall–Kier alpha value is -1.19. The Bertz CT molecular complexity index is 462. The van der Waals surface area contributed by atoms with Gasteiger partial charge in [-0.1, -0.05) is 44.2 Å². The van der Waals surface area contributed by atoms with Gasteiger partial charge in [0.1, 0.15) is 0 Å². The van der Waals surface area contributed by atoms with E-state index in [4.69, 9.17) is 0 Å². The third-order valence-corrected chi connectivity index (χ3v) is 3.63. The van der Waals surface area contributed by atoms with Crippen molar-refractivity contribution in [3.05, 3.63) is 29.8 Å². The standard InChI is InChI=1S/C17H22F3NS/c18-17(19,20)13-7-5-3-1-2-4-6-8-15-9-11-16(12-10-15)21-14-22/h9-12H,1-8,13H2. The summed E-state index contributed by atoms with van der Waals surface area (Å²) >= 11 is 4.55. The van der Waals surface area contributed by atoms with Crippen molar-refractivity contribution in [3.8, 4) is 0 Å². The van der Waals surface area contributed by atoms with Gasteiger partial charge < -0.3 is 0 Å². The van der Waals surface area contributed by atoms with Crippen LogP contribution in [0.5, 0.6) is 0 Å². The summed E-state index contributed by atoms with van der Waals surface area (Å²) in [5.74, 6) is 0. The van der Waals surface area contributed by atoms with Gasteiger partial charge in [0, 0.05) is 6.42 Å². The minimum atomic E-state index is -4.00. The number of rotatable bonds is 10. The molecule has 0 aliphatic rings. The molecule has 0 heterocycles. The molecule has 0 N–H and O–H groups in total. The fraction of sp³-hybridized carbons (Fsp3) is 0.588. The number of aryl methyl sites for hydroxylation is 1. The van der Waals surface area contributed by atoms with Crippen molar-refractivity contribution in [1.29, 1.82) is 0 Å². The largest absolute Gasteiger partial charge is 0.389 e. The molecular weight excluding hydrogens is 307 g/mol. The van der Waals surface area contributed by atoms with Gasteiger partial charge in [0.05, 0.1) is 10.8 Å². The second-order valence-corrected chi connectivity index (χ2v) is 5.64. The fourth-order valence-electron chi connectivity index (χ4n) is 2.33. The Morgan fingerprint density at radius 3 is 1.95 bits per heavy atom. The van der Waals surface area contributed by atoms with Gasteiger partial charge in [-0.05, 0) is 49.2 Å². The quantitative estimate of drug-likeness (QED) is 0.266. The Kier molecular flexibility index (Phi) is 9.02. The SMILES string of the molecule is FC(F)(F)CCCCCCCCCc1ccc(N=C=S)cc1. The van der Waals surface area contributed by atoms with Crippen LogP contribution in [-0.4, -0.2) is 11.3 Å². The number of halogens is 3. The number of thiocarbonyl (C=S) groups is 1. The maximum absolute atomic E-state index is 11.9. The summed E-state index contributed by atoms with van der Waals surface area (Å²) in [6.07, 6.45) is 2.59. The van der Waals surface area contributed by atoms with Crippen molar-refractivity contribution in [1.82, 2.24) is 0 Å². The third kappa shape index (κ3) is 9.69. The smallest absolute Gasteiger partial charge is 0.195 e. The molecule has 1 nitrogen and oxygen atoms in total. The number of alkyl halides is 3. The number of aliphatic imine (C=N–C) groups is 1. The Morgan fingerprint density at radius 1 is 0.864 bits per heavy atom. The number of isothiocyanates is 1. The molecule has 1 rings (SSSR count). The molecule has 0 amide bonds. The lowest BCUT2D eigenvalue weighted by molar-refractivity contribution is -0.135. The van der Waals surface area contributed by atoms with Crippen molar-refractivity contribution >= 4 is 23.1 Å². The summed E-state index contributed by atoms with van der Waals surface area (Å²) in [5, 5.41) is 2.34. The van der Waals surface area contributed by atoms with Crippen molar-refractivity contribution in [3.63, 3.8) is 0 Å². The summed E-state index contributed by atoms with van der Waals surface area (Å²) in [6, 6.07) is 7.94. The Morgan fingerprint density at radius 2 is 1.41 bits per heavy atom. The minimum Gasteiger partial charge on any atom is -0.195 e. The fourth-order valence-corrected chi connectivity index (χ4v) is 2.43. The summed E-state index contributed by atoms with van der Waals surface area (Å²) in [7, 11) is 0. The first kappa shape index (κ1) is 18.9. The van der Waals surface area contributed by atoms with Crippen LogP contribution in [0.25, 0.3) is 0 Å². The molecule has 1 aromatic rings. The van der Waals surface area contributed by atoms with Crippen LogP contribution in [0.3, 0.4) is 0 Å². The molecule has 22 heavy (non-hydrogen) atoms. The molecule has 0 fully saturated rings. The van der Waals surface area contributed by atoms with Gasteiger partial charge in [-0.25, -0.2) is 0 Å². The Labute approximate surface area is 135 Å². The van der Waals surface area contributed by atoms with Crippen LogP contribution in [0.2, 0.25) is 0 Å². The highest BCUT2D eigenvalue weighted by atomic mass is 32.1. The van der Waals surface area contributed by atoms with Crippen LogP contribution in [0, 0.1) is 0 Å². The van der Waals surface area contributed by atoms with E-state index < -0.39 is 12.6 Å². The van der Waals surface area contributed by atoms with Gasteiger partial charge in [0.2, 0.25) is 0 Å². The van der Waals surface area contributed by atoms with Crippen molar-refractivity contribution in [2.75, 3.05) is 0 Å². The average molecular weight is 329 g/mol. The molecule has 0 spiro atoms. The summed E-state index contributed by atoms with van der Waals surface area (Å²) in [4.78, 5) is 3.90. The van der Waals surface area contributed by atoms with E-state index in [-0.39, 0.29) is 6.42 Å². The van der Waals surface area contributed by atoms with E-state index in [0.29, 0.717) is 6.42 Å². The number of hydrogen-bond acceptors (Lipinski definition) is 2. The zero-order chi connectivity index (χ0) is 16.3. The number of unbranched alkanes of at least 4 members (excludes halogenated alkanes) is 6. The van der Waals surface area contributed by atoms with Crippen molar-refractivity contribution in [2.45, 2.75) is 64.0 Å². The summed E-state index contributed by atoms with van der Waals surface area (Å²) < 4.78 is 35.8. The van der Waals surface area contributed by atoms with Crippen LogP contribution < -0.4 is 0 Å². The highest BCUT2D eigenvalue weighted by molar-refractivity contribution is 7.78. The van der Waals surface area contributed by atoms with E-state index in [1.165, 1.54) is 5.56 Å². The van der Waals surface area contributed by atoms with Crippen molar-refractivity contribution in [2.24, 2.45) is 4.99 Å². The maximum Gasteiger partial charge on any atom is 0.389 e. The van der Waals surface area contributed by atoms with Gasteiger partial charge in [-0.3, -0.25) is 0 Å². The molecule has 0 atom stereocenters. The first-order valence-corrected chi connectivity index (χ1v) is 8.16. The first-order valence-electron chi connectivity index (χ1n) is 7.75. The monoisotopic (exact) mass is 329 g/mol. The highest BCUT2D eigenvalue weighted by Gasteiger charge is 2.25. The molecule has 0 aromatic heterocycles. The van der Waals surface area contributed by atoms with Crippen LogP contribution in [0.4, 0.5) is 18.9 Å². The van der Waals surface area contributed by atoms with Gasteiger partial charge in [0.15, 0.2) is 0 Å². The van der Waals surface area contributed by atoms with Gasteiger partial charge in [0.25, 0.3) is 0 Å². The summed E-state index contributed by atoms with van der Waals surface area (Å²) in [6.45, 7) is 0. The van der Waals surface area contributed by atoms with Crippen LogP contribution in [-0.2, 0) is 6.42 Å². The van der Waals surface area contributed by atoms with E-state index >= 15 is 0 Å². The molecule has 0 unspecified atom stereocenters. The van der Waals surface area contributed by atoms with E-state index in [0.717, 1.165) is 44.2 Å². The maximum atomic E-state index is 11.9. The number of hydrogen-bond donors (Lipinski definition) is 0. The molecular formula is C17H22F3NS. The van der Waals surface area contributed by atoms with Gasteiger partial charge in [-0.15, -0.1) is 0 Å². The van der Waals surface area contributed by atoms with Crippen LogP contribution in [0.1, 0.15) is 56.9 Å². The molecule has 0 saturated carbocycles. The minimum absolute atomic E-state index is 0.264. The second kappa shape index (κ2) is 10.5. The topological polar surface area (TPSA) is 12.4 Å². The molecule has 0 saturated heterocycles. The molecule has 122 valence electrons. The van der Waals surface area contributed by atoms with Gasteiger partial charge >= 0.3 is 6.18 Å². The van der Waals surface area contributed by atoms with Crippen molar-refractivity contribution < 1.29 is 13.2 Å². The van der Waals surface area contributed by atoms with E-state index in [1.54, 1.807) is 0 Å². The average Bonchev–Trinajstić information content (AvgIpc) is 2.46. The lowest BCUT2D eigenvalue weighted by Crippen LogP contribution is -2.06. The lowest BCUT2D eigenvalue weighted by atomic mass is 10.0. The highest BCUT2D eigenvalue weighted by Crippen LogP contribution is 2.23. The predicted molar refractivity (Wildman–Crippen MR) is 87.8 cm³/mol.